The van der Waals surface area contributed by atoms with Gasteiger partial charge in [-0.3, -0.25) is 4.79 Å². The van der Waals surface area contributed by atoms with E-state index in [2.05, 4.69) is 10.6 Å². The fraction of sp³-hybridized carbons (Fsp3) is 0.600. The number of carboxylic acids is 1. The number of carbonyl (C=O) groups is 4. The third-order valence-corrected chi connectivity index (χ3v) is 3.81. The molecule has 0 saturated carbocycles. The first kappa shape index (κ1) is 21.2. The van der Waals surface area contributed by atoms with E-state index in [9.17, 15) is 24.3 Å². The van der Waals surface area contributed by atoms with Crippen LogP contribution in [0.25, 0.3) is 0 Å². The van der Waals surface area contributed by atoms with E-state index in [4.69, 9.17) is 14.9 Å². The highest BCUT2D eigenvalue weighted by Crippen LogP contribution is 2.29. The maximum Gasteiger partial charge on any atom is 0.408 e. The fourth-order valence-corrected chi connectivity index (χ4v) is 2.73. The smallest absolute Gasteiger partial charge is 0.408 e. The number of hydrogen-bond donors (Lipinski definition) is 6. The number of nitrogens with one attached hydrogen (secondary N) is 3. The SMILES string of the molecule is CC(=O)N[C@@H]([C@@H]1C=C(C(=O)O)CC1)[C@H](CCO)OC(=O)NCNC(=O)O. The molecule has 1 aliphatic carbocycles. The van der Waals surface area contributed by atoms with Crippen LogP contribution >= 0.6 is 0 Å². The Labute approximate surface area is 149 Å². The van der Waals surface area contributed by atoms with Crippen LogP contribution in [0.3, 0.4) is 0 Å². The number of rotatable bonds is 9. The van der Waals surface area contributed by atoms with E-state index < -0.39 is 36.2 Å². The summed E-state index contributed by atoms with van der Waals surface area (Å²) in [4.78, 5) is 44.8. The van der Waals surface area contributed by atoms with E-state index in [1.54, 1.807) is 0 Å². The molecule has 0 saturated heterocycles. The summed E-state index contributed by atoms with van der Waals surface area (Å²) in [7, 11) is 0. The highest BCUT2D eigenvalue weighted by molar-refractivity contribution is 5.87. The minimum atomic E-state index is -1.33. The van der Waals surface area contributed by atoms with Crippen LogP contribution in [-0.2, 0) is 14.3 Å². The molecule has 0 spiro atoms. The molecule has 1 rings (SSSR count). The largest absolute Gasteiger partial charge is 0.478 e. The van der Waals surface area contributed by atoms with Crippen LogP contribution in [0.15, 0.2) is 11.6 Å². The molecule has 3 atom stereocenters. The summed E-state index contributed by atoms with van der Waals surface area (Å²) in [5.41, 5.74) is 0.211. The third-order valence-electron chi connectivity index (χ3n) is 3.81. The standard InChI is InChI=1S/C15H23N3O8/c1-8(20)18-12(9-2-3-10(6-9)13(21)22)11(4-5-19)26-15(25)17-7-16-14(23)24/h6,9,11-12,16,19H,2-5,7H2,1H3,(H,17,25)(H,18,20)(H,21,22)(H,23,24)/t9-,11-,12-/m0/s1. The molecule has 6 N–H and O–H groups in total. The van der Waals surface area contributed by atoms with E-state index in [1.807, 2.05) is 5.32 Å². The molecule has 0 heterocycles. The molecule has 0 fully saturated rings. The van der Waals surface area contributed by atoms with E-state index in [1.165, 1.54) is 13.0 Å². The lowest BCUT2D eigenvalue weighted by molar-refractivity contribution is -0.132. The molecule has 1 aliphatic rings. The van der Waals surface area contributed by atoms with Crippen molar-refractivity contribution in [3.05, 3.63) is 11.6 Å². The molecule has 11 nitrogen and oxygen atoms in total. The third kappa shape index (κ3) is 6.97. The molecule has 26 heavy (non-hydrogen) atoms. The zero-order chi connectivity index (χ0) is 19.7. The minimum absolute atomic E-state index is 0.0114. The van der Waals surface area contributed by atoms with Crippen LogP contribution in [0, 0.1) is 5.92 Å². The van der Waals surface area contributed by atoms with Crippen molar-refractivity contribution in [2.45, 2.75) is 38.3 Å². The molecule has 3 amide bonds. The first-order chi connectivity index (χ1) is 12.2. The van der Waals surface area contributed by atoms with E-state index in [0.717, 1.165) is 0 Å². The number of aliphatic hydroxyl groups excluding tert-OH is 1. The highest BCUT2D eigenvalue weighted by atomic mass is 16.6. The molecule has 0 aromatic heterocycles. The number of ether oxygens (including phenoxy) is 1. The van der Waals surface area contributed by atoms with E-state index in [-0.39, 0.29) is 31.2 Å². The Morgan fingerprint density at radius 2 is 1.96 bits per heavy atom. The Morgan fingerprint density at radius 1 is 1.27 bits per heavy atom. The quantitative estimate of drug-likeness (QED) is 0.296. The highest BCUT2D eigenvalue weighted by Gasteiger charge is 2.35. The molecule has 146 valence electrons. The van der Waals surface area contributed by atoms with Gasteiger partial charge in [0.25, 0.3) is 0 Å². The number of aliphatic carboxylic acids is 1. The van der Waals surface area contributed by atoms with Crippen LogP contribution < -0.4 is 16.0 Å². The van der Waals surface area contributed by atoms with Crippen molar-refractivity contribution in [3.8, 4) is 0 Å². The lowest BCUT2D eigenvalue weighted by Crippen LogP contribution is -2.50. The van der Waals surface area contributed by atoms with Gasteiger partial charge in [-0.15, -0.1) is 0 Å². The van der Waals surface area contributed by atoms with E-state index in [0.29, 0.717) is 12.8 Å². The van der Waals surface area contributed by atoms with Gasteiger partial charge in [0.15, 0.2) is 0 Å². The van der Waals surface area contributed by atoms with Crippen LogP contribution in [-0.4, -0.2) is 64.8 Å². The summed E-state index contributed by atoms with van der Waals surface area (Å²) < 4.78 is 5.21. The fourth-order valence-electron chi connectivity index (χ4n) is 2.73. The Morgan fingerprint density at radius 3 is 2.46 bits per heavy atom. The first-order valence-electron chi connectivity index (χ1n) is 7.97. The second kappa shape index (κ2) is 10.2. The maximum atomic E-state index is 11.8. The molecule has 0 unspecified atom stereocenters. The van der Waals surface area contributed by atoms with Gasteiger partial charge in [-0.05, 0) is 12.8 Å². The zero-order valence-electron chi connectivity index (χ0n) is 14.2. The van der Waals surface area contributed by atoms with Crippen molar-refractivity contribution >= 4 is 24.1 Å². The second-order valence-electron chi connectivity index (χ2n) is 5.72. The van der Waals surface area contributed by atoms with Gasteiger partial charge in [-0.25, -0.2) is 14.4 Å². The predicted molar refractivity (Wildman–Crippen MR) is 87.2 cm³/mol. The van der Waals surface area contributed by atoms with Gasteiger partial charge < -0.3 is 36.0 Å². The summed E-state index contributed by atoms with van der Waals surface area (Å²) >= 11 is 0. The minimum Gasteiger partial charge on any atom is -0.478 e. The number of hydrogen-bond acceptors (Lipinski definition) is 6. The zero-order valence-corrected chi connectivity index (χ0v) is 14.2. The van der Waals surface area contributed by atoms with Crippen molar-refractivity contribution < 1.29 is 39.2 Å². The maximum absolute atomic E-state index is 11.8. The van der Waals surface area contributed by atoms with Gasteiger partial charge in [0.1, 0.15) is 6.10 Å². The Kier molecular flexibility index (Phi) is 8.35. The Bertz CT molecular complexity index is 577. The molecular weight excluding hydrogens is 350 g/mol. The average Bonchev–Trinajstić information content (AvgIpc) is 3.01. The predicted octanol–water partition coefficient (Wildman–Crippen LogP) is -0.386. The van der Waals surface area contributed by atoms with Crippen LogP contribution in [0.2, 0.25) is 0 Å². The number of carboxylic acid groups (broad SMARTS) is 2. The lowest BCUT2D eigenvalue weighted by atomic mass is 9.92. The van der Waals surface area contributed by atoms with Crippen molar-refractivity contribution in [1.29, 1.82) is 0 Å². The van der Waals surface area contributed by atoms with Gasteiger partial charge in [0, 0.05) is 31.4 Å². The van der Waals surface area contributed by atoms with E-state index >= 15 is 0 Å². The summed E-state index contributed by atoms with van der Waals surface area (Å²) in [6, 6.07) is -0.727. The van der Waals surface area contributed by atoms with Gasteiger partial charge in [-0.2, -0.15) is 0 Å². The molecule has 0 aromatic rings. The van der Waals surface area contributed by atoms with Crippen molar-refractivity contribution in [1.82, 2.24) is 16.0 Å². The first-order valence-corrected chi connectivity index (χ1v) is 7.97. The van der Waals surface area contributed by atoms with Crippen LogP contribution in [0.5, 0.6) is 0 Å². The molecule has 0 aliphatic heterocycles. The monoisotopic (exact) mass is 373 g/mol. The van der Waals surface area contributed by atoms with Crippen molar-refractivity contribution in [3.63, 3.8) is 0 Å². The topological polar surface area (TPSA) is 174 Å². The molecule has 0 radical (unpaired) electrons. The normalized spacial score (nSPS) is 18.2. The molecule has 11 heteroatoms. The summed E-state index contributed by atoms with van der Waals surface area (Å²) in [5, 5.41) is 33.5. The molecule has 0 bridgehead atoms. The average molecular weight is 373 g/mol. The van der Waals surface area contributed by atoms with Crippen molar-refractivity contribution in [2.24, 2.45) is 5.92 Å². The van der Waals surface area contributed by atoms with Gasteiger partial charge in [-0.1, -0.05) is 6.08 Å². The number of carbonyl (C=O) groups excluding carboxylic acids is 2. The van der Waals surface area contributed by atoms with Crippen LogP contribution in [0.1, 0.15) is 26.2 Å². The summed E-state index contributed by atoms with van der Waals surface area (Å²) in [5.74, 6) is -1.83. The number of aliphatic hydroxyl groups is 1. The van der Waals surface area contributed by atoms with Gasteiger partial charge in [0.05, 0.1) is 12.7 Å². The second-order valence-corrected chi connectivity index (χ2v) is 5.72. The lowest BCUT2D eigenvalue weighted by Gasteiger charge is -2.31. The molecule has 0 aromatic carbocycles. The number of alkyl carbamates (subject to hydrolysis) is 1. The Hall–Kier alpha value is -2.82. The summed E-state index contributed by atoms with van der Waals surface area (Å²) in [6.45, 7) is 0.567. The molecular formula is C15H23N3O8. The van der Waals surface area contributed by atoms with Crippen molar-refractivity contribution in [2.75, 3.05) is 13.3 Å². The summed E-state index contributed by atoms with van der Waals surface area (Å²) in [6.07, 6.45) is -0.906. The van der Waals surface area contributed by atoms with Gasteiger partial charge >= 0.3 is 18.2 Å². The van der Waals surface area contributed by atoms with Crippen LogP contribution in [0.4, 0.5) is 9.59 Å². The van der Waals surface area contributed by atoms with Gasteiger partial charge in [0.2, 0.25) is 5.91 Å². The number of amides is 3. The Balaban J connectivity index is 2.84.